The molecule has 1 aliphatic rings. The minimum absolute atomic E-state index is 0.157. The Morgan fingerprint density at radius 3 is 2.68 bits per heavy atom. The molecule has 1 aromatic carbocycles. The maximum Gasteiger partial charge on any atom is 0.342 e. The van der Waals surface area contributed by atoms with E-state index in [0.29, 0.717) is 34.1 Å². The second-order valence-corrected chi connectivity index (χ2v) is 5.77. The number of anilines is 1. The molecule has 2 heterocycles. The molecule has 8 nitrogen and oxygen atoms in total. The third-order valence-electron chi connectivity index (χ3n) is 4.01. The summed E-state index contributed by atoms with van der Waals surface area (Å²) >= 11 is 0. The number of hydrogen-bond acceptors (Lipinski definition) is 6. The first-order chi connectivity index (χ1) is 11.9. The Morgan fingerprint density at radius 1 is 1.28 bits per heavy atom. The molecule has 8 heteroatoms. The standard InChI is InChI=1S/C17H19N3O5/c1-9-15(10(2)20(4)19-9)17(22)25-11(3)16(21)18-12-5-6-13-14(7-12)24-8-23-13/h5-7,11H,8H2,1-4H3,(H,18,21). The van der Waals surface area contributed by atoms with Crippen LogP contribution in [0, 0.1) is 13.8 Å². The smallest absolute Gasteiger partial charge is 0.342 e. The summed E-state index contributed by atoms with van der Waals surface area (Å²) in [5.41, 5.74) is 2.16. The van der Waals surface area contributed by atoms with Crippen LogP contribution in [0.15, 0.2) is 18.2 Å². The third-order valence-corrected chi connectivity index (χ3v) is 4.01. The van der Waals surface area contributed by atoms with Gasteiger partial charge in [-0.1, -0.05) is 0 Å². The van der Waals surface area contributed by atoms with Crippen molar-refractivity contribution < 1.29 is 23.8 Å². The first-order valence-corrected chi connectivity index (χ1v) is 7.78. The zero-order chi connectivity index (χ0) is 18.1. The van der Waals surface area contributed by atoms with E-state index in [2.05, 4.69) is 10.4 Å². The summed E-state index contributed by atoms with van der Waals surface area (Å²) in [5.74, 6) is 0.173. The van der Waals surface area contributed by atoms with Gasteiger partial charge in [-0.05, 0) is 32.9 Å². The van der Waals surface area contributed by atoms with Crippen LogP contribution in [0.5, 0.6) is 11.5 Å². The van der Waals surface area contributed by atoms with E-state index in [1.807, 2.05) is 0 Å². The summed E-state index contributed by atoms with van der Waals surface area (Å²) in [4.78, 5) is 24.6. The Balaban J connectivity index is 1.65. The molecule has 0 bridgehead atoms. The van der Waals surface area contributed by atoms with Crippen molar-refractivity contribution in [3.63, 3.8) is 0 Å². The molecule has 1 amide bonds. The summed E-state index contributed by atoms with van der Waals surface area (Å²) in [6, 6.07) is 5.05. The van der Waals surface area contributed by atoms with Crippen LogP contribution in [0.4, 0.5) is 5.69 Å². The highest BCUT2D eigenvalue weighted by molar-refractivity contribution is 5.98. The lowest BCUT2D eigenvalue weighted by Crippen LogP contribution is -2.30. The molecule has 0 saturated carbocycles. The minimum Gasteiger partial charge on any atom is -0.454 e. The van der Waals surface area contributed by atoms with Crippen molar-refractivity contribution >= 4 is 17.6 Å². The van der Waals surface area contributed by atoms with Crippen LogP contribution in [-0.2, 0) is 16.6 Å². The number of amides is 1. The van der Waals surface area contributed by atoms with E-state index in [1.165, 1.54) is 6.92 Å². The number of aromatic nitrogens is 2. The fourth-order valence-corrected chi connectivity index (χ4v) is 2.56. The van der Waals surface area contributed by atoms with Crippen LogP contribution < -0.4 is 14.8 Å². The van der Waals surface area contributed by atoms with Crippen molar-refractivity contribution in [1.82, 2.24) is 9.78 Å². The molecule has 1 N–H and O–H groups in total. The van der Waals surface area contributed by atoms with Gasteiger partial charge in [0.15, 0.2) is 17.6 Å². The van der Waals surface area contributed by atoms with Gasteiger partial charge in [0.1, 0.15) is 5.56 Å². The molecule has 1 aromatic heterocycles. The fourth-order valence-electron chi connectivity index (χ4n) is 2.56. The molecule has 0 saturated heterocycles. The van der Waals surface area contributed by atoms with Gasteiger partial charge in [0.25, 0.3) is 5.91 Å². The van der Waals surface area contributed by atoms with Crippen molar-refractivity contribution in [3.8, 4) is 11.5 Å². The molecule has 2 aromatic rings. The van der Waals surface area contributed by atoms with Gasteiger partial charge in [0.2, 0.25) is 6.79 Å². The average Bonchev–Trinajstić information content (AvgIpc) is 3.11. The second kappa shape index (κ2) is 6.46. The highest BCUT2D eigenvalue weighted by Gasteiger charge is 2.24. The minimum atomic E-state index is -0.961. The summed E-state index contributed by atoms with van der Waals surface area (Å²) in [5, 5.41) is 6.86. The maximum absolute atomic E-state index is 12.3. The number of nitrogens with zero attached hydrogens (tertiary/aromatic N) is 2. The number of ether oxygens (including phenoxy) is 3. The Labute approximate surface area is 144 Å². The predicted molar refractivity (Wildman–Crippen MR) is 88.8 cm³/mol. The van der Waals surface area contributed by atoms with Crippen LogP contribution >= 0.6 is 0 Å². The molecule has 1 unspecified atom stereocenters. The number of carbonyl (C=O) groups is 2. The van der Waals surface area contributed by atoms with E-state index < -0.39 is 18.0 Å². The molecule has 1 atom stereocenters. The normalized spacial score (nSPS) is 13.4. The number of rotatable bonds is 4. The summed E-state index contributed by atoms with van der Waals surface area (Å²) in [6.07, 6.45) is -0.961. The van der Waals surface area contributed by atoms with E-state index in [-0.39, 0.29) is 6.79 Å². The zero-order valence-electron chi connectivity index (χ0n) is 14.5. The number of aryl methyl sites for hydroxylation is 2. The van der Waals surface area contributed by atoms with E-state index >= 15 is 0 Å². The first-order valence-electron chi connectivity index (χ1n) is 7.78. The summed E-state index contributed by atoms with van der Waals surface area (Å²) in [7, 11) is 1.74. The maximum atomic E-state index is 12.3. The first kappa shape index (κ1) is 16.8. The Morgan fingerprint density at radius 2 is 2.00 bits per heavy atom. The lowest BCUT2D eigenvalue weighted by molar-refractivity contribution is -0.123. The van der Waals surface area contributed by atoms with Gasteiger partial charge in [-0.15, -0.1) is 0 Å². The van der Waals surface area contributed by atoms with E-state index in [9.17, 15) is 9.59 Å². The number of benzene rings is 1. The fraction of sp³-hybridized carbons (Fsp3) is 0.353. The molecule has 0 aliphatic carbocycles. The molecule has 0 fully saturated rings. The number of carbonyl (C=O) groups excluding carboxylic acids is 2. The Bertz CT molecular complexity index is 843. The van der Waals surface area contributed by atoms with Crippen LogP contribution in [-0.4, -0.2) is 34.6 Å². The van der Waals surface area contributed by atoms with Crippen LogP contribution in [0.2, 0.25) is 0 Å². The van der Waals surface area contributed by atoms with Crippen LogP contribution in [0.25, 0.3) is 0 Å². The number of hydrogen-bond donors (Lipinski definition) is 1. The average molecular weight is 345 g/mol. The predicted octanol–water partition coefficient (Wildman–Crippen LogP) is 1.95. The number of nitrogens with one attached hydrogen (secondary N) is 1. The molecule has 0 spiro atoms. The number of esters is 1. The van der Waals surface area contributed by atoms with Crippen LogP contribution in [0.3, 0.4) is 0 Å². The zero-order valence-corrected chi connectivity index (χ0v) is 14.5. The van der Waals surface area contributed by atoms with Crippen LogP contribution in [0.1, 0.15) is 28.7 Å². The number of fused-ring (bicyclic) bond motifs is 1. The van der Waals surface area contributed by atoms with Gasteiger partial charge < -0.3 is 19.5 Å². The lowest BCUT2D eigenvalue weighted by Gasteiger charge is -2.14. The topological polar surface area (TPSA) is 91.7 Å². The monoisotopic (exact) mass is 345 g/mol. The van der Waals surface area contributed by atoms with Crippen molar-refractivity contribution in [3.05, 3.63) is 35.2 Å². The largest absolute Gasteiger partial charge is 0.454 e. The molecular formula is C17H19N3O5. The van der Waals surface area contributed by atoms with E-state index in [1.54, 1.807) is 43.8 Å². The van der Waals surface area contributed by atoms with Gasteiger partial charge in [-0.3, -0.25) is 9.48 Å². The van der Waals surface area contributed by atoms with Crippen molar-refractivity contribution in [2.75, 3.05) is 12.1 Å². The summed E-state index contributed by atoms with van der Waals surface area (Å²) in [6.45, 7) is 5.17. The Kier molecular flexibility index (Phi) is 4.35. The molecule has 132 valence electrons. The SMILES string of the molecule is Cc1nn(C)c(C)c1C(=O)OC(C)C(=O)Nc1ccc2c(c1)OCO2. The van der Waals surface area contributed by atoms with Gasteiger partial charge in [-0.2, -0.15) is 5.10 Å². The lowest BCUT2D eigenvalue weighted by atomic mass is 10.2. The Hall–Kier alpha value is -3.03. The van der Waals surface area contributed by atoms with Gasteiger partial charge in [0.05, 0.1) is 5.69 Å². The molecule has 0 radical (unpaired) electrons. The van der Waals surface area contributed by atoms with E-state index in [0.717, 1.165) is 0 Å². The van der Waals surface area contributed by atoms with Crippen molar-refractivity contribution in [1.29, 1.82) is 0 Å². The second-order valence-electron chi connectivity index (χ2n) is 5.77. The summed E-state index contributed by atoms with van der Waals surface area (Å²) < 4.78 is 17.4. The van der Waals surface area contributed by atoms with Crippen molar-refractivity contribution in [2.45, 2.75) is 26.9 Å². The molecular weight excluding hydrogens is 326 g/mol. The molecule has 25 heavy (non-hydrogen) atoms. The highest BCUT2D eigenvalue weighted by Crippen LogP contribution is 2.34. The molecule has 1 aliphatic heterocycles. The van der Waals surface area contributed by atoms with Crippen molar-refractivity contribution in [2.24, 2.45) is 7.05 Å². The highest BCUT2D eigenvalue weighted by atomic mass is 16.7. The third kappa shape index (κ3) is 3.28. The van der Waals surface area contributed by atoms with Gasteiger partial charge >= 0.3 is 5.97 Å². The quantitative estimate of drug-likeness (QED) is 0.852. The van der Waals surface area contributed by atoms with E-state index in [4.69, 9.17) is 14.2 Å². The van der Waals surface area contributed by atoms with Gasteiger partial charge in [-0.25, -0.2) is 4.79 Å². The molecule has 3 rings (SSSR count). The van der Waals surface area contributed by atoms with Gasteiger partial charge in [0, 0.05) is 24.5 Å².